The maximum absolute atomic E-state index is 4.36. The molecule has 0 fully saturated rings. The number of benzene rings is 1. The summed E-state index contributed by atoms with van der Waals surface area (Å²) in [5.74, 6) is 0. The van der Waals surface area contributed by atoms with Gasteiger partial charge in [-0.05, 0) is 12.4 Å². The van der Waals surface area contributed by atoms with Crippen molar-refractivity contribution >= 4 is 10.9 Å². The van der Waals surface area contributed by atoms with Gasteiger partial charge in [-0.15, -0.1) is 17.5 Å². The minimum absolute atomic E-state index is 0. The van der Waals surface area contributed by atoms with E-state index in [-0.39, 0.29) is 32.7 Å². The summed E-state index contributed by atoms with van der Waals surface area (Å²) in [5, 5.41) is 1.15. The topological polar surface area (TPSA) is 12.9 Å². The maximum Gasteiger partial charge on any atom is 0.0344 e. The van der Waals surface area contributed by atoms with Crippen molar-refractivity contribution in [2.24, 2.45) is 0 Å². The van der Waals surface area contributed by atoms with Gasteiger partial charge < -0.3 is 0 Å². The number of hydrogen-bond donors (Lipinski definition) is 0. The molecule has 0 aliphatic carbocycles. The van der Waals surface area contributed by atoms with E-state index in [1.807, 2.05) is 58.9 Å². The van der Waals surface area contributed by atoms with Crippen molar-refractivity contribution in [3.05, 3.63) is 42.1 Å². The predicted octanol–water partition coefficient (Wildman–Crippen LogP) is 4.39. The Morgan fingerprint density at radius 1 is 1.00 bits per heavy atom. The maximum atomic E-state index is 4.36. The molecule has 1 heterocycles. The van der Waals surface area contributed by atoms with Gasteiger partial charge in [0.25, 0.3) is 0 Å². The van der Waals surface area contributed by atoms with Crippen LogP contribution in [0.25, 0.3) is 10.9 Å². The first-order valence-corrected chi connectivity index (χ1v) is 5.60. The van der Waals surface area contributed by atoms with Gasteiger partial charge in [-0.1, -0.05) is 33.8 Å². The van der Waals surface area contributed by atoms with E-state index in [0.717, 1.165) is 16.6 Å². The molecule has 1 aromatic carbocycles. The molecule has 16 heavy (non-hydrogen) atoms. The summed E-state index contributed by atoms with van der Waals surface area (Å²) < 4.78 is 0. The Labute approximate surface area is 125 Å². The van der Waals surface area contributed by atoms with Crippen molar-refractivity contribution in [1.29, 1.82) is 0 Å². The van der Waals surface area contributed by atoms with Crippen LogP contribution in [-0.4, -0.2) is 4.98 Å². The van der Waals surface area contributed by atoms with Gasteiger partial charge in [-0.2, -0.15) is 18.2 Å². The first-order valence-electron chi connectivity index (χ1n) is 5.60. The van der Waals surface area contributed by atoms with E-state index in [9.17, 15) is 0 Å². The minimum atomic E-state index is 0. The molecule has 0 N–H and O–H groups in total. The molecule has 2 rings (SSSR count). The number of pyridine rings is 1. The SMILES string of the molecule is CC.CC.Cc1ccc2c[c-]ccc2n1.[Y]. The Morgan fingerprint density at radius 2 is 1.62 bits per heavy atom. The quantitative estimate of drug-likeness (QED) is 0.656. The summed E-state index contributed by atoms with van der Waals surface area (Å²) in [6.45, 7) is 10.00. The zero-order chi connectivity index (χ0) is 11.7. The Morgan fingerprint density at radius 3 is 2.25 bits per heavy atom. The summed E-state index contributed by atoms with van der Waals surface area (Å²) in [6, 6.07) is 12.9. The average molecular weight is 291 g/mol. The summed E-state index contributed by atoms with van der Waals surface area (Å²) in [4.78, 5) is 4.36. The van der Waals surface area contributed by atoms with Crippen LogP contribution in [-0.2, 0) is 32.7 Å². The Balaban J connectivity index is 0. The average Bonchev–Trinajstić information content (AvgIpc) is 2.34. The summed E-state index contributed by atoms with van der Waals surface area (Å²) in [5.41, 5.74) is 2.10. The molecule has 0 unspecified atom stereocenters. The van der Waals surface area contributed by atoms with Gasteiger partial charge in [0.15, 0.2) is 0 Å². The Hall–Kier alpha value is -0.266. The third-order valence-electron chi connectivity index (χ3n) is 1.67. The fourth-order valence-corrected chi connectivity index (χ4v) is 1.11. The van der Waals surface area contributed by atoms with Crippen LogP contribution in [0.15, 0.2) is 30.3 Å². The molecular formula is C14H20NY-. The smallest absolute Gasteiger partial charge is 0.0344 e. The zero-order valence-electron chi connectivity index (χ0n) is 10.9. The van der Waals surface area contributed by atoms with Crippen molar-refractivity contribution in [2.45, 2.75) is 34.6 Å². The number of hydrogen-bond acceptors (Lipinski definition) is 1. The summed E-state index contributed by atoms with van der Waals surface area (Å²) in [6.07, 6.45) is 0. The van der Waals surface area contributed by atoms with E-state index in [2.05, 4.69) is 17.1 Å². The van der Waals surface area contributed by atoms with E-state index in [1.165, 1.54) is 0 Å². The normalized spacial score (nSPS) is 7.81. The van der Waals surface area contributed by atoms with Crippen LogP contribution >= 0.6 is 0 Å². The van der Waals surface area contributed by atoms with Crippen molar-refractivity contribution in [1.82, 2.24) is 4.98 Å². The fraction of sp³-hybridized carbons (Fsp3) is 0.357. The number of aryl methyl sites for hydroxylation is 1. The molecule has 1 nitrogen and oxygen atoms in total. The molecule has 0 bridgehead atoms. The summed E-state index contributed by atoms with van der Waals surface area (Å²) in [7, 11) is 0. The molecule has 1 radical (unpaired) electrons. The largest absolute Gasteiger partial charge is 0.279 e. The summed E-state index contributed by atoms with van der Waals surface area (Å²) >= 11 is 0. The molecule has 2 aromatic rings. The second-order valence-electron chi connectivity index (χ2n) is 2.57. The standard InChI is InChI=1S/C10H8N.2C2H6.Y/c1-8-6-7-9-4-2-3-5-10(9)11-8;2*1-2;/h3-7H,1H3;2*1-2H3;/q-1;;;. The van der Waals surface area contributed by atoms with E-state index >= 15 is 0 Å². The van der Waals surface area contributed by atoms with Crippen molar-refractivity contribution in [2.75, 3.05) is 0 Å². The van der Waals surface area contributed by atoms with E-state index in [0.29, 0.717) is 0 Å². The molecule has 2 heteroatoms. The Kier molecular flexibility index (Phi) is 12.7. The first-order chi connectivity index (χ1) is 7.36. The van der Waals surface area contributed by atoms with Crippen LogP contribution in [0.2, 0.25) is 0 Å². The Bertz CT molecular complexity index is 385. The van der Waals surface area contributed by atoms with Crippen LogP contribution in [0.4, 0.5) is 0 Å². The van der Waals surface area contributed by atoms with E-state index in [1.54, 1.807) is 0 Å². The van der Waals surface area contributed by atoms with Gasteiger partial charge in [0.1, 0.15) is 0 Å². The van der Waals surface area contributed by atoms with E-state index < -0.39 is 0 Å². The fourth-order valence-electron chi connectivity index (χ4n) is 1.11. The predicted molar refractivity (Wildman–Crippen MR) is 68.0 cm³/mol. The van der Waals surface area contributed by atoms with Gasteiger partial charge in [-0.3, -0.25) is 4.98 Å². The van der Waals surface area contributed by atoms with Crippen LogP contribution in [0.3, 0.4) is 0 Å². The van der Waals surface area contributed by atoms with Gasteiger partial charge in [0.05, 0.1) is 0 Å². The molecule has 85 valence electrons. The van der Waals surface area contributed by atoms with Crippen LogP contribution in [0.5, 0.6) is 0 Å². The minimum Gasteiger partial charge on any atom is -0.279 e. The third-order valence-corrected chi connectivity index (χ3v) is 1.67. The van der Waals surface area contributed by atoms with Crippen LogP contribution in [0.1, 0.15) is 33.4 Å². The number of nitrogens with zero attached hydrogens (tertiary/aromatic N) is 1. The number of rotatable bonds is 0. The molecule has 0 saturated carbocycles. The van der Waals surface area contributed by atoms with Crippen LogP contribution in [0, 0.1) is 13.0 Å². The molecule has 0 atom stereocenters. The van der Waals surface area contributed by atoms with Crippen molar-refractivity contribution < 1.29 is 32.7 Å². The van der Waals surface area contributed by atoms with Crippen LogP contribution < -0.4 is 0 Å². The second-order valence-corrected chi connectivity index (χ2v) is 2.57. The van der Waals surface area contributed by atoms with Gasteiger partial charge in [0.2, 0.25) is 0 Å². The molecule has 1 aromatic heterocycles. The second kappa shape index (κ2) is 11.2. The molecule has 0 saturated heterocycles. The van der Waals surface area contributed by atoms with Crippen molar-refractivity contribution in [3.8, 4) is 0 Å². The molecule has 0 aliphatic heterocycles. The third kappa shape index (κ3) is 5.72. The first kappa shape index (κ1) is 18.1. The van der Waals surface area contributed by atoms with Gasteiger partial charge >= 0.3 is 0 Å². The molecule has 0 spiro atoms. The van der Waals surface area contributed by atoms with E-state index in [4.69, 9.17) is 0 Å². The number of aromatic nitrogens is 1. The monoisotopic (exact) mass is 291 g/mol. The van der Waals surface area contributed by atoms with Gasteiger partial charge in [-0.25, -0.2) is 0 Å². The molecule has 0 amide bonds. The van der Waals surface area contributed by atoms with Crippen molar-refractivity contribution in [3.63, 3.8) is 0 Å². The number of fused-ring (bicyclic) bond motifs is 1. The molecular weight excluding hydrogens is 271 g/mol. The molecule has 0 aliphatic rings. The zero-order valence-corrected chi connectivity index (χ0v) is 13.7. The van der Waals surface area contributed by atoms with Gasteiger partial charge in [0, 0.05) is 38.4 Å².